The number of anilines is 5. The fourth-order valence-electron chi connectivity index (χ4n) is 12.6. The molecule has 0 aromatic carbocycles. The molecule has 640 valence electrons. The van der Waals surface area contributed by atoms with Gasteiger partial charge in [-0.1, -0.05) is 137 Å². The Morgan fingerprint density at radius 2 is 1.10 bits per heavy atom. The SMILES string of the molecule is CCCCC(CC)COC(=O)CCSc1ccnc(F)c1Cl.CCCCC(CC)COC(=O)CCSc1ccnc(NC)c1Cl.CN.CNc1[nH]ccc(=S)c1Cl.CNc1nccc(Sc2nc(CO)c(N3CCC4(CC3)CO[C@@H](C)[C@H]4N)nc2C)c1Cl.CO.C[O-].Cc1nc(N2CCC3(CC2)CO[C@@H](C)[C@H]3N)c(CO)nc1Br.[Na+]. The summed E-state index contributed by atoms with van der Waals surface area (Å²) in [5.41, 5.74) is 20.3. The Kier molecular flexibility index (Phi) is 54.3. The van der Waals surface area contributed by atoms with Crippen molar-refractivity contribution in [3.8, 4) is 0 Å². The molecule has 115 heavy (non-hydrogen) atoms. The summed E-state index contributed by atoms with van der Waals surface area (Å²) in [4.78, 5) is 63.6. The largest absolute Gasteiger partial charge is 1.00 e. The third kappa shape index (κ3) is 33.5. The number of ether oxygens (including phenoxy) is 4. The molecule has 2 unspecified atom stereocenters. The van der Waals surface area contributed by atoms with Crippen LogP contribution in [0.5, 0.6) is 0 Å². The number of nitrogens with two attached hydrogens (primary N) is 3. The van der Waals surface area contributed by atoms with Gasteiger partial charge < -0.3 is 87.3 Å². The monoisotopic (exact) mass is 1830 g/mol. The maximum Gasteiger partial charge on any atom is 1.00 e. The Bertz CT molecular complexity index is 3880. The predicted molar refractivity (Wildman–Crippen MR) is 468 cm³/mol. The quantitative estimate of drug-likeness (QED) is 0.00685. The molecule has 4 aliphatic rings. The van der Waals surface area contributed by atoms with Crippen molar-refractivity contribution in [3.05, 3.63) is 107 Å². The van der Waals surface area contributed by atoms with Crippen LogP contribution in [0, 0.1) is 47.0 Å². The zero-order valence-electron chi connectivity index (χ0n) is 69.3. The van der Waals surface area contributed by atoms with Crippen LogP contribution < -0.4 is 77.6 Å². The summed E-state index contributed by atoms with van der Waals surface area (Å²) >= 11 is 36.9. The molecule has 26 nitrogen and oxygen atoms in total. The first kappa shape index (κ1) is 107. The summed E-state index contributed by atoms with van der Waals surface area (Å²) in [5, 5.41) is 46.1. The number of aromatic nitrogens is 8. The van der Waals surface area contributed by atoms with Crippen LogP contribution in [0.3, 0.4) is 0 Å². The third-order valence-electron chi connectivity index (χ3n) is 19.8. The molecule has 4 saturated heterocycles. The van der Waals surface area contributed by atoms with Crippen LogP contribution in [0.2, 0.25) is 20.1 Å². The number of carbonyl (C=O) groups excluding carboxylic acids is 2. The Hall–Kier alpha value is -3.82. The Balaban J connectivity index is 0.000000492. The van der Waals surface area contributed by atoms with Crippen LogP contribution >= 0.6 is 110 Å². The summed E-state index contributed by atoms with van der Waals surface area (Å²) in [6.07, 6.45) is 20.3. The van der Waals surface area contributed by atoms with Crippen molar-refractivity contribution in [2.45, 2.75) is 202 Å². The molecule has 10 heterocycles. The van der Waals surface area contributed by atoms with Gasteiger partial charge in [0.1, 0.15) is 43.5 Å². The number of H-pyrrole nitrogens is 1. The van der Waals surface area contributed by atoms with Gasteiger partial charge in [-0.2, -0.15) is 11.5 Å². The summed E-state index contributed by atoms with van der Waals surface area (Å²) in [6, 6.07) is 7.25. The molecular formula is C78H121BrCl4FN16NaO10S4. The topological polar surface area (TPSA) is 381 Å². The zero-order chi connectivity index (χ0) is 85.1. The number of thioether (sulfide) groups is 2. The number of rotatable bonds is 29. The first-order valence-electron chi connectivity index (χ1n) is 38.3. The van der Waals surface area contributed by atoms with Crippen LogP contribution in [0.25, 0.3) is 0 Å². The number of nitrogens with one attached hydrogen (secondary N) is 4. The minimum atomic E-state index is -0.684. The summed E-state index contributed by atoms with van der Waals surface area (Å²) in [7, 11) is 8.59. The van der Waals surface area contributed by atoms with Gasteiger partial charge in [-0.05, 0) is 125 Å². The van der Waals surface area contributed by atoms with E-state index < -0.39 is 5.95 Å². The molecule has 0 aliphatic carbocycles. The van der Waals surface area contributed by atoms with Crippen molar-refractivity contribution in [2.24, 2.45) is 39.9 Å². The normalized spacial score (nSPS) is 17.1. The van der Waals surface area contributed by atoms with E-state index in [-0.39, 0.29) is 101 Å². The van der Waals surface area contributed by atoms with Crippen molar-refractivity contribution in [1.82, 2.24) is 39.9 Å². The molecule has 2 spiro atoms. The first-order valence-corrected chi connectivity index (χ1v) is 43.8. The number of piperidine rings is 2. The molecule has 6 aromatic rings. The molecule has 0 radical (unpaired) electrons. The smallest absolute Gasteiger partial charge is 0.857 e. The molecule has 10 rings (SSSR count). The van der Waals surface area contributed by atoms with Crippen molar-refractivity contribution < 1.29 is 82.9 Å². The maximum atomic E-state index is 13.2. The predicted octanol–water partition coefficient (Wildman–Crippen LogP) is 12.0. The number of unbranched alkanes of at least 4 members (excludes halogenated alkanes) is 2. The van der Waals surface area contributed by atoms with Gasteiger partial charge in [0.15, 0.2) is 11.6 Å². The Morgan fingerprint density at radius 3 is 1.50 bits per heavy atom. The van der Waals surface area contributed by atoms with Gasteiger partial charge in [0, 0.05) is 128 Å². The molecule has 0 saturated carbocycles. The van der Waals surface area contributed by atoms with Crippen LogP contribution in [0.1, 0.15) is 154 Å². The second-order valence-electron chi connectivity index (χ2n) is 27.0. The number of esters is 2. The standard InChI is InChI=1S/C21H29ClN6O2S.C17H27ClN2O2S.C16H23ClFNO2S.C15H23BrN4O2.C6H7ClN2S.CH5N.CH4O.CH3O.Na/c1-12-20(31-15-4-7-25-18(24-3)16(15)22)27-14(10-29)19(26-12)28-8-5-21(6-9-28)11-30-13(2)17(21)23;1-4-6-7-13(5-2)12-22-15(21)9-11-23-14-8-10-20-17(19-3)16(14)18;1-3-5-6-12(4-2)11-21-14(20)8-10-22-13-7-9-19-16(18)15(13)17;1-9-13(16)19-11(7-21)14(18-9)20-5-3-15(4-6-20)8-22-10(2)12(15)17;1-8-6-5(7)4(10)2-3-9-6;3*1-2;/h4,7,13,17,29H,5-6,8-11,23H2,1-3H3,(H,24,25);8,10,13H,4-7,9,11-12H2,1-3H3,(H,19,20);7,9,12H,3-6,8,10-11H2,1-2H3;10,12,21H,3-8,17H2,1-2H3;2-3H,1H3,(H2,8,9,10);2H2,1H3;2H,1H3;1H3;/q;;;;;;;-1;+1/t13-,17+;;;10-,12+;;;;;/m0..0...../s1. The first-order chi connectivity index (χ1) is 54.8. The van der Waals surface area contributed by atoms with Gasteiger partial charge >= 0.3 is 41.5 Å². The average Bonchev–Trinajstić information content (AvgIpc) is 1.69. The summed E-state index contributed by atoms with van der Waals surface area (Å²) in [6.45, 7) is 22.1. The minimum absolute atomic E-state index is 0. The molecule has 4 fully saturated rings. The summed E-state index contributed by atoms with van der Waals surface area (Å²) in [5.74, 6) is 4.62. The van der Waals surface area contributed by atoms with Gasteiger partial charge in [0.25, 0.3) is 0 Å². The number of carbonyl (C=O) groups is 2. The molecular weight excluding hydrogens is 1710 g/mol. The van der Waals surface area contributed by atoms with Gasteiger partial charge in [-0.3, -0.25) is 9.59 Å². The number of pyridine rings is 4. The van der Waals surface area contributed by atoms with Crippen molar-refractivity contribution >= 4 is 151 Å². The molecule has 13 N–H and O–H groups in total. The number of aliphatic hydroxyl groups excluding tert-OH is 3. The van der Waals surface area contributed by atoms with E-state index in [4.69, 9.17) is 109 Å². The second-order valence-corrected chi connectivity index (χ2v) is 33.0. The fraction of sp³-hybridized carbons (Fsp3) is 0.615. The maximum absolute atomic E-state index is 13.2. The molecule has 6 atom stereocenters. The van der Waals surface area contributed by atoms with Gasteiger partial charge in [-0.15, -0.1) is 23.5 Å². The van der Waals surface area contributed by atoms with E-state index in [1.165, 1.54) is 49.6 Å². The third-order valence-corrected chi connectivity index (χ3v) is 26.1. The molecule has 0 bridgehead atoms. The van der Waals surface area contributed by atoms with E-state index in [1.807, 2.05) is 26.0 Å². The van der Waals surface area contributed by atoms with E-state index in [1.54, 1.807) is 63.6 Å². The number of nitrogens with zero attached hydrogens (tertiary/aromatic N) is 9. The van der Waals surface area contributed by atoms with E-state index in [0.717, 1.165) is 161 Å². The van der Waals surface area contributed by atoms with E-state index >= 15 is 0 Å². The van der Waals surface area contributed by atoms with Crippen LogP contribution in [0.15, 0.2) is 73.4 Å². The molecule has 6 aromatic heterocycles. The molecule has 0 amide bonds. The summed E-state index contributed by atoms with van der Waals surface area (Å²) < 4.78 is 36.8. The number of halogens is 6. The van der Waals surface area contributed by atoms with Crippen LogP contribution in [-0.4, -0.2) is 198 Å². The van der Waals surface area contributed by atoms with Crippen molar-refractivity contribution in [1.29, 1.82) is 0 Å². The molecule has 37 heteroatoms. The number of aliphatic hydroxyl groups is 3. The number of aryl methyl sites for hydroxylation is 2. The molecule has 4 aliphatic heterocycles. The van der Waals surface area contributed by atoms with Crippen molar-refractivity contribution in [3.63, 3.8) is 0 Å². The number of hydrogen-bond donors (Lipinski definition) is 10. The minimum Gasteiger partial charge on any atom is -0.857 e. The van der Waals surface area contributed by atoms with Gasteiger partial charge in [0.2, 0.25) is 5.95 Å². The zero-order valence-corrected chi connectivity index (χ0v) is 79.2. The Labute approximate surface area is 748 Å². The number of aromatic amines is 1. The van der Waals surface area contributed by atoms with Crippen LogP contribution in [0.4, 0.5) is 33.5 Å². The van der Waals surface area contributed by atoms with Crippen LogP contribution in [-0.2, 0) is 41.8 Å². The Morgan fingerprint density at radius 1 is 0.678 bits per heavy atom. The van der Waals surface area contributed by atoms with Gasteiger partial charge in [-0.25, -0.2) is 34.9 Å². The van der Waals surface area contributed by atoms with E-state index in [2.05, 4.69) is 119 Å². The second kappa shape index (κ2) is 58.2. The van der Waals surface area contributed by atoms with E-state index in [9.17, 15) is 24.2 Å². The fourth-order valence-corrected chi connectivity index (χ4v) is 16.9. The number of hydrogen-bond acceptors (Lipinski definition) is 29. The van der Waals surface area contributed by atoms with Crippen molar-refractivity contribution in [2.75, 3.05) is 132 Å². The average molecular weight is 1830 g/mol. The van der Waals surface area contributed by atoms with E-state index in [0.29, 0.717) is 95.1 Å². The van der Waals surface area contributed by atoms with Gasteiger partial charge in [0.05, 0.1) is 95.7 Å².